The maximum atomic E-state index is 12.4. The van der Waals surface area contributed by atoms with Crippen LogP contribution in [0.1, 0.15) is 24.7 Å². The van der Waals surface area contributed by atoms with Crippen molar-refractivity contribution in [1.29, 1.82) is 0 Å². The van der Waals surface area contributed by atoms with Gasteiger partial charge in [-0.1, -0.05) is 0 Å². The molecule has 1 fully saturated rings. The van der Waals surface area contributed by atoms with Gasteiger partial charge in [-0.3, -0.25) is 0 Å². The van der Waals surface area contributed by atoms with Crippen LogP contribution in [-0.2, 0) is 9.53 Å². The van der Waals surface area contributed by atoms with E-state index in [-0.39, 0.29) is 40.3 Å². The van der Waals surface area contributed by atoms with Crippen LogP contribution in [0.15, 0.2) is 25.8 Å². The number of ketones is 1. The lowest BCUT2D eigenvalue weighted by Gasteiger charge is -2.41. The number of aliphatic hydroxyl groups excluding tert-OH is 3. The van der Waals surface area contributed by atoms with Crippen LogP contribution in [0.2, 0.25) is 0 Å². The first kappa shape index (κ1) is 22.3. The second-order valence-electron chi connectivity index (χ2n) is 8.13. The van der Waals surface area contributed by atoms with Gasteiger partial charge in [0.1, 0.15) is 34.7 Å². The highest BCUT2D eigenvalue weighted by Crippen LogP contribution is 2.44. The van der Waals surface area contributed by atoms with Gasteiger partial charge in [0.05, 0.1) is 18.6 Å². The van der Waals surface area contributed by atoms with Crippen LogP contribution in [0.4, 0.5) is 0 Å². The molecule has 1 aliphatic heterocycles. The normalized spacial score (nSPS) is 26.0. The molecule has 5 atom stereocenters. The number of ether oxygens (including phenoxy) is 2. The molecule has 0 spiro atoms. The molecule has 172 valence electrons. The van der Waals surface area contributed by atoms with E-state index in [1.54, 1.807) is 19.9 Å². The van der Waals surface area contributed by atoms with Crippen molar-refractivity contribution in [1.82, 2.24) is 0 Å². The molecule has 3 heterocycles. The Morgan fingerprint density at radius 1 is 1.16 bits per heavy atom. The summed E-state index contributed by atoms with van der Waals surface area (Å²) < 4.78 is 22.5. The number of hydrogen-bond donors (Lipinski definition) is 4. The van der Waals surface area contributed by atoms with Crippen molar-refractivity contribution in [2.45, 2.75) is 51.8 Å². The molecule has 2 aromatic heterocycles. The average Bonchev–Trinajstić information content (AvgIpc) is 3.08. The molecule has 1 unspecified atom stereocenters. The average molecular weight is 448 g/mol. The fraction of sp³-hybridized carbons (Fsp3) is 0.455. The Labute approximate surface area is 181 Å². The van der Waals surface area contributed by atoms with Crippen molar-refractivity contribution in [2.24, 2.45) is 5.92 Å². The molecule has 0 radical (unpaired) electrons. The lowest BCUT2D eigenvalue weighted by Crippen LogP contribution is -2.57. The lowest BCUT2D eigenvalue weighted by molar-refractivity contribution is -0.260. The number of rotatable bonds is 5. The molecule has 10 heteroatoms. The summed E-state index contributed by atoms with van der Waals surface area (Å²) in [5, 5.41) is 41.5. The minimum atomic E-state index is -1.44. The predicted molar refractivity (Wildman–Crippen MR) is 111 cm³/mol. The first-order chi connectivity index (χ1) is 15.1. The van der Waals surface area contributed by atoms with E-state index in [2.05, 4.69) is 0 Å². The molecular formula is C22H24O10. The Morgan fingerprint density at radius 2 is 1.88 bits per heavy atom. The molecule has 4 rings (SSSR count). The molecule has 0 saturated carbocycles. The van der Waals surface area contributed by atoms with E-state index in [4.69, 9.17) is 18.3 Å². The number of aryl methyl sites for hydroxylation is 2. The van der Waals surface area contributed by atoms with Gasteiger partial charge in [-0.2, -0.15) is 0 Å². The Kier molecular flexibility index (Phi) is 5.72. The van der Waals surface area contributed by atoms with Gasteiger partial charge in [-0.25, -0.2) is 4.79 Å². The Bertz CT molecular complexity index is 1240. The van der Waals surface area contributed by atoms with E-state index in [9.17, 15) is 30.0 Å². The monoisotopic (exact) mass is 448 g/mol. The second-order valence-corrected chi connectivity index (χ2v) is 8.13. The van der Waals surface area contributed by atoms with Crippen LogP contribution >= 0.6 is 0 Å². The van der Waals surface area contributed by atoms with Gasteiger partial charge in [0.2, 0.25) is 12.0 Å². The number of carbonyl (C=O) groups is 1. The summed E-state index contributed by atoms with van der Waals surface area (Å²) >= 11 is 0. The zero-order valence-corrected chi connectivity index (χ0v) is 17.7. The minimum absolute atomic E-state index is 0.0485. The zero-order chi connectivity index (χ0) is 23.3. The van der Waals surface area contributed by atoms with E-state index in [1.807, 2.05) is 0 Å². The van der Waals surface area contributed by atoms with Crippen molar-refractivity contribution in [2.75, 3.05) is 6.61 Å². The highest BCUT2D eigenvalue weighted by atomic mass is 16.7. The summed E-state index contributed by atoms with van der Waals surface area (Å²) in [6.45, 7) is 3.90. The molecule has 0 bridgehead atoms. The molecular weight excluding hydrogens is 424 g/mol. The fourth-order valence-electron chi connectivity index (χ4n) is 4.09. The number of benzene rings is 1. The Hall–Kier alpha value is -2.92. The van der Waals surface area contributed by atoms with Crippen molar-refractivity contribution in [3.05, 3.63) is 33.9 Å². The van der Waals surface area contributed by atoms with Crippen molar-refractivity contribution < 1.29 is 43.5 Å². The van der Waals surface area contributed by atoms with Crippen LogP contribution < -0.4 is 10.4 Å². The number of aliphatic hydroxyl groups is 3. The number of carbonyl (C=O) groups excluding carboxylic acids is 1. The van der Waals surface area contributed by atoms with Gasteiger partial charge in [-0.05, 0) is 32.4 Å². The highest BCUT2D eigenvalue weighted by Gasteiger charge is 2.46. The van der Waals surface area contributed by atoms with E-state index in [0.717, 1.165) is 0 Å². The standard InChI is InChI=1S/C22H24O10/c1-8-4-11-15-13(6-10(3)29-21(15)28)30-19(11)20(16(8)25)32-22-12(5-9(2)24)17(26)18(27)14(7-23)31-22/h4,6,12,14,17-18,22-23,25-27H,5,7H2,1-3H3/t12-,14-,17-,18-,22?/m1/s1. The van der Waals surface area contributed by atoms with E-state index >= 15 is 0 Å². The summed E-state index contributed by atoms with van der Waals surface area (Å²) in [6.07, 6.45) is -5.53. The largest absolute Gasteiger partial charge is 0.504 e. The molecule has 0 amide bonds. The summed E-state index contributed by atoms with van der Waals surface area (Å²) in [5.74, 6) is -1.38. The number of furan rings is 1. The van der Waals surface area contributed by atoms with Gasteiger partial charge in [0.15, 0.2) is 11.3 Å². The molecule has 10 nitrogen and oxygen atoms in total. The van der Waals surface area contributed by atoms with Crippen molar-refractivity contribution in [3.63, 3.8) is 0 Å². The molecule has 3 aromatic rings. The van der Waals surface area contributed by atoms with Crippen molar-refractivity contribution >= 4 is 27.7 Å². The van der Waals surface area contributed by atoms with E-state index in [0.29, 0.717) is 16.7 Å². The molecule has 1 aliphatic rings. The summed E-state index contributed by atoms with van der Waals surface area (Å²) in [4.78, 5) is 24.2. The first-order valence-electron chi connectivity index (χ1n) is 10.1. The number of aromatic hydroxyl groups is 1. The van der Waals surface area contributed by atoms with E-state index in [1.165, 1.54) is 13.0 Å². The SMILES string of the molecule is CC(=O)C[C@H]1C(Oc2c(O)c(C)cc3c2oc2cc(C)oc(=O)c23)O[C@H](CO)[C@@H](O)[C@@H]1O. The van der Waals surface area contributed by atoms with E-state index < -0.39 is 42.8 Å². The van der Waals surface area contributed by atoms with Gasteiger partial charge >= 0.3 is 5.63 Å². The van der Waals surface area contributed by atoms with Gasteiger partial charge in [0.25, 0.3) is 0 Å². The second kappa shape index (κ2) is 8.21. The third kappa shape index (κ3) is 3.65. The van der Waals surface area contributed by atoms with Crippen LogP contribution in [0, 0.1) is 19.8 Å². The summed E-state index contributed by atoms with van der Waals surface area (Å²) in [5.41, 5.74) is 0.0370. The molecule has 1 saturated heterocycles. The van der Waals surface area contributed by atoms with Gasteiger partial charge in [-0.15, -0.1) is 0 Å². The quantitative estimate of drug-likeness (QED) is 0.448. The molecule has 32 heavy (non-hydrogen) atoms. The Balaban J connectivity index is 1.86. The van der Waals surface area contributed by atoms with Crippen LogP contribution in [-0.4, -0.2) is 57.4 Å². The maximum absolute atomic E-state index is 12.4. The summed E-state index contributed by atoms with van der Waals surface area (Å²) in [7, 11) is 0. The number of phenolic OH excluding ortho intramolecular Hbond substituents is 1. The highest BCUT2D eigenvalue weighted by molar-refractivity contribution is 6.07. The topological polar surface area (TPSA) is 160 Å². The smallest absolute Gasteiger partial charge is 0.347 e. The fourth-order valence-corrected chi connectivity index (χ4v) is 4.09. The third-order valence-corrected chi connectivity index (χ3v) is 5.69. The number of fused-ring (bicyclic) bond motifs is 3. The van der Waals surface area contributed by atoms with Gasteiger partial charge < -0.3 is 43.5 Å². The number of Topliss-reactive ketones (excluding diaryl/α,β-unsaturated/α-hetero) is 1. The Morgan fingerprint density at radius 3 is 2.53 bits per heavy atom. The molecule has 0 aliphatic carbocycles. The number of phenols is 1. The van der Waals surface area contributed by atoms with Crippen LogP contribution in [0.25, 0.3) is 21.9 Å². The van der Waals surface area contributed by atoms with Gasteiger partial charge in [0, 0.05) is 17.9 Å². The molecule has 1 aromatic carbocycles. The van der Waals surface area contributed by atoms with Crippen molar-refractivity contribution in [3.8, 4) is 11.5 Å². The molecule has 4 N–H and O–H groups in total. The first-order valence-corrected chi connectivity index (χ1v) is 10.1. The summed E-state index contributed by atoms with van der Waals surface area (Å²) in [6, 6.07) is 3.09. The minimum Gasteiger partial charge on any atom is -0.504 e. The number of hydrogen-bond acceptors (Lipinski definition) is 10. The van der Waals surface area contributed by atoms with Crippen LogP contribution in [0.3, 0.4) is 0 Å². The lowest BCUT2D eigenvalue weighted by atomic mass is 9.87. The third-order valence-electron chi connectivity index (χ3n) is 5.69. The predicted octanol–water partition coefficient (Wildman–Crippen LogP) is 1.27. The van der Waals surface area contributed by atoms with Crippen LogP contribution in [0.5, 0.6) is 11.5 Å². The zero-order valence-electron chi connectivity index (χ0n) is 17.7. The maximum Gasteiger partial charge on any atom is 0.347 e.